The Morgan fingerprint density at radius 1 is 0.881 bits per heavy atom. The van der Waals surface area contributed by atoms with E-state index in [0.717, 1.165) is 43.9 Å². The highest BCUT2D eigenvalue weighted by atomic mass is 32.2. The first-order chi connectivity index (χ1) is 20.2. The maximum atomic E-state index is 13.9. The third-order valence-electron chi connectivity index (χ3n) is 7.69. The molecule has 0 spiro atoms. The van der Waals surface area contributed by atoms with Crippen LogP contribution >= 0.6 is 0 Å². The fourth-order valence-corrected chi connectivity index (χ4v) is 6.45. The minimum atomic E-state index is -3.57. The summed E-state index contributed by atoms with van der Waals surface area (Å²) in [5.41, 5.74) is 2.16. The molecule has 1 aliphatic carbocycles. The van der Waals surface area contributed by atoms with Crippen LogP contribution in [0.4, 0.5) is 10.1 Å². The first-order valence-electron chi connectivity index (χ1n) is 14.6. The number of amides is 2. The third-order valence-corrected chi connectivity index (χ3v) is 8.88. The number of para-hydroxylation sites is 1. The number of rotatable bonds is 13. The Labute approximate surface area is 248 Å². The summed E-state index contributed by atoms with van der Waals surface area (Å²) in [6.07, 6.45) is 6.88. The van der Waals surface area contributed by atoms with E-state index < -0.39 is 16.1 Å². The second-order valence-corrected chi connectivity index (χ2v) is 12.9. The molecule has 0 aromatic heterocycles. The summed E-state index contributed by atoms with van der Waals surface area (Å²) < 4.78 is 40.1. The van der Waals surface area contributed by atoms with Crippen molar-refractivity contribution in [2.75, 3.05) is 17.1 Å². The molecule has 42 heavy (non-hydrogen) atoms. The van der Waals surface area contributed by atoms with Gasteiger partial charge in [0.15, 0.2) is 0 Å². The Morgan fingerprint density at radius 2 is 1.50 bits per heavy atom. The van der Waals surface area contributed by atoms with Crippen molar-refractivity contribution in [1.82, 2.24) is 10.2 Å². The van der Waals surface area contributed by atoms with Gasteiger partial charge in [-0.1, -0.05) is 79.9 Å². The zero-order valence-electron chi connectivity index (χ0n) is 24.1. The van der Waals surface area contributed by atoms with Gasteiger partial charge in [-0.25, -0.2) is 12.8 Å². The summed E-state index contributed by atoms with van der Waals surface area (Å²) in [6, 6.07) is 23.6. The molecule has 1 unspecified atom stereocenters. The van der Waals surface area contributed by atoms with Crippen LogP contribution in [0.5, 0.6) is 0 Å². The number of carbonyl (C=O) groups is 2. The van der Waals surface area contributed by atoms with Gasteiger partial charge in [0.25, 0.3) is 0 Å². The Morgan fingerprint density at radius 3 is 2.12 bits per heavy atom. The number of nitrogens with one attached hydrogen (secondary N) is 1. The highest BCUT2D eigenvalue weighted by molar-refractivity contribution is 7.92. The number of carbonyl (C=O) groups excluding carboxylic acids is 2. The van der Waals surface area contributed by atoms with E-state index in [9.17, 15) is 22.4 Å². The van der Waals surface area contributed by atoms with Crippen LogP contribution in [-0.4, -0.2) is 50.0 Å². The molecule has 1 atom stereocenters. The molecular formula is C33H40FN3O4S. The number of benzene rings is 3. The Bertz CT molecular complexity index is 1400. The molecule has 1 saturated carbocycles. The summed E-state index contributed by atoms with van der Waals surface area (Å²) in [7, 11) is -3.57. The molecule has 4 rings (SSSR count). The highest BCUT2D eigenvalue weighted by Crippen LogP contribution is 2.22. The summed E-state index contributed by atoms with van der Waals surface area (Å²) >= 11 is 0. The normalized spacial score (nSPS) is 14.6. The van der Waals surface area contributed by atoms with Crippen molar-refractivity contribution in [3.8, 4) is 0 Å². The Kier molecular flexibility index (Phi) is 11.1. The summed E-state index contributed by atoms with van der Waals surface area (Å²) in [5, 5.41) is 3.20. The number of anilines is 1. The van der Waals surface area contributed by atoms with Gasteiger partial charge in [0.05, 0.1) is 11.9 Å². The maximum absolute atomic E-state index is 13.9. The second kappa shape index (κ2) is 15.0. The molecule has 9 heteroatoms. The van der Waals surface area contributed by atoms with Gasteiger partial charge in [-0.2, -0.15) is 0 Å². The lowest BCUT2D eigenvalue weighted by atomic mass is 9.94. The molecule has 0 radical (unpaired) electrons. The summed E-state index contributed by atoms with van der Waals surface area (Å²) in [5.74, 6) is -0.849. The van der Waals surface area contributed by atoms with Crippen molar-refractivity contribution >= 4 is 27.5 Å². The van der Waals surface area contributed by atoms with Crippen molar-refractivity contribution in [2.24, 2.45) is 0 Å². The minimum Gasteiger partial charge on any atom is -0.352 e. The predicted octanol–water partition coefficient (Wildman–Crippen LogP) is 5.46. The average Bonchev–Trinajstić information content (AvgIpc) is 2.99. The lowest BCUT2D eigenvalue weighted by Gasteiger charge is -2.34. The first kappa shape index (κ1) is 31.2. The van der Waals surface area contributed by atoms with Crippen molar-refractivity contribution in [2.45, 2.75) is 70.0 Å². The maximum Gasteiger partial charge on any atom is 0.243 e. The van der Waals surface area contributed by atoms with Crippen molar-refractivity contribution in [1.29, 1.82) is 0 Å². The standard InChI is InChI=1S/C33H40FN3O4S/c1-42(40,41)37(30-16-9-4-10-17-30)23-11-18-32(38)36(25-27-19-21-28(34)22-20-27)31(24-26-12-5-2-6-13-26)33(39)35-29-14-7-3-8-15-29/h2,4-6,9-10,12-13,16-17,19-22,29,31H,3,7-8,11,14-15,18,23-25H2,1H3,(H,35,39). The number of hydrogen-bond acceptors (Lipinski definition) is 4. The van der Waals surface area contributed by atoms with E-state index in [2.05, 4.69) is 5.32 Å². The fraction of sp³-hybridized carbons (Fsp3) is 0.394. The molecule has 1 fully saturated rings. The molecule has 3 aromatic carbocycles. The molecule has 224 valence electrons. The van der Waals surface area contributed by atoms with Crippen molar-refractivity contribution < 1.29 is 22.4 Å². The smallest absolute Gasteiger partial charge is 0.243 e. The monoisotopic (exact) mass is 593 g/mol. The van der Waals surface area contributed by atoms with E-state index >= 15 is 0 Å². The van der Waals surface area contributed by atoms with Gasteiger partial charge in [-0.15, -0.1) is 0 Å². The third kappa shape index (κ3) is 9.14. The Balaban J connectivity index is 1.58. The van der Waals surface area contributed by atoms with E-state index in [-0.39, 0.29) is 49.6 Å². The van der Waals surface area contributed by atoms with Gasteiger partial charge in [-0.3, -0.25) is 13.9 Å². The van der Waals surface area contributed by atoms with Crippen LogP contribution < -0.4 is 9.62 Å². The molecule has 7 nitrogen and oxygen atoms in total. The quantitative estimate of drug-likeness (QED) is 0.285. The molecule has 0 saturated heterocycles. The molecule has 1 aliphatic rings. The van der Waals surface area contributed by atoms with Gasteiger partial charge in [0.1, 0.15) is 11.9 Å². The van der Waals surface area contributed by atoms with Gasteiger partial charge in [0, 0.05) is 32.0 Å². The summed E-state index contributed by atoms with van der Waals surface area (Å²) in [6.45, 7) is 0.250. The van der Waals surface area contributed by atoms with Crippen LogP contribution in [-0.2, 0) is 32.6 Å². The van der Waals surface area contributed by atoms with Crippen LogP contribution in [0.2, 0.25) is 0 Å². The number of hydrogen-bond donors (Lipinski definition) is 1. The molecule has 0 bridgehead atoms. The molecule has 2 amide bonds. The molecule has 1 N–H and O–H groups in total. The molecule has 0 heterocycles. The fourth-order valence-electron chi connectivity index (χ4n) is 5.48. The van der Waals surface area contributed by atoms with Crippen LogP contribution in [0.3, 0.4) is 0 Å². The van der Waals surface area contributed by atoms with Gasteiger partial charge < -0.3 is 10.2 Å². The van der Waals surface area contributed by atoms with E-state index in [1.807, 2.05) is 36.4 Å². The number of halogens is 1. The van der Waals surface area contributed by atoms with E-state index in [1.54, 1.807) is 41.3 Å². The van der Waals surface area contributed by atoms with E-state index in [1.165, 1.54) is 16.4 Å². The average molecular weight is 594 g/mol. The number of nitrogens with zero attached hydrogens (tertiary/aromatic N) is 2. The van der Waals surface area contributed by atoms with Gasteiger partial charge >= 0.3 is 0 Å². The highest BCUT2D eigenvalue weighted by Gasteiger charge is 2.32. The van der Waals surface area contributed by atoms with Crippen molar-refractivity contribution in [3.05, 3.63) is 102 Å². The van der Waals surface area contributed by atoms with E-state index in [0.29, 0.717) is 17.7 Å². The van der Waals surface area contributed by atoms with E-state index in [4.69, 9.17) is 0 Å². The summed E-state index contributed by atoms with van der Waals surface area (Å²) in [4.78, 5) is 29.3. The van der Waals surface area contributed by atoms with Crippen LogP contribution in [0, 0.1) is 5.82 Å². The van der Waals surface area contributed by atoms with Crippen LogP contribution in [0.25, 0.3) is 0 Å². The lowest BCUT2D eigenvalue weighted by molar-refractivity contribution is -0.141. The zero-order valence-corrected chi connectivity index (χ0v) is 24.9. The Hall–Kier alpha value is -3.72. The predicted molar refractivity (Wildman–Crippen MR) is 164 cm³/mol. The van der Waals surface area contributed by atoms with Crippen LogP contribution in [0.15, 0.2) is 84.9 Å². The lowest BCUT2D eigenvalue weighted by Crippen LogP contribution is -2.52. The van der Waals surface area contributed by atoms with Crippen LogP contribution in [0.1, 0.15) is 56.1 Å². The topological polar surface area (TPSA) is 86.8 Å². The zero-order chi connectivity index (χ0) is 30.0. The second-order valence-electron chi connectivity index (χ2n) is 11.0. The SMILES string of the molecule is CS(=O)(=O)N(CCCC(=O)N(Cc1ccc(F)cc1)C(Cc1ccccc1)C(=O)NC1CCCCC1)c1ccccc1. The first-order valence-corrected chi connectivity index (χ1v) is 16.5. The molecule has 3 aromatic rings. The van der Waals surface area contributed by atoms with Gasteiger partial charge in [-0.05, 0) is 54.7 Å². The molecular weight excluding hydrogens is 553 g/mol. The number of sulfonamides is 1. The van der Waals surface area contributed by atoms with Gasteiger partial charge in [0.2, 0.25) is 21.8 Å². The van der Waals surface area contributed by atoms with Crippen molar-refractivity contribution in [3.63, 3.8) is 0 Å². The molecule has 0 aliphatic heterocycles. The largest absolute Gasteiger partial charge is 0.352 e. The minimum absolute atomic E-state index is 0.0437.